The van der Waals surface area contributed by atoms with Crippen molar-refractivity contribution in [1.29, 1.82) is 0 Å². The van der Waals surface area contributed by atoms with Crippen LogP contribution in [-0.4, -0.2) is 42.3 Å². The Morgan fingerprint density at radius 3 is 2.23 bits per heavy atom. The molecule has 0 spiro atoms. The van der Waals surface area contributed by atoms with Crippen LogP contribution in [0.4, 0.5) is 4.79 Å². The van der Waals surface area contributed by atoms with Crippen molar-refractivity contribution >= 4 is 18.0 Å². The first-order valence-corrected chi connectivity index (χ1v) is 10.6. The molecule has 0 aliphatic heterocycles. The van der Waals surface area contributed by atoms with Gasteiger partial charge in [0, 0.05) is 18.4 Å². The molecule has 0 bridgehead atoms. The zero-order chi connectivity index (χ0) is 22.2. The number of amides is 2. The number of alkyl carbamates (subject to hydrolysis) is 1. The van der Waals surface area contributed by atoms with Crippen molar-refractivity contribution in [3.63, 3.8) is 0 Å². The predicted molar refractivity (Wildman–Crippen MR) is 117 cm³/mol. The quantitative estimate of drug-likeness (QED) is 0.540. The monoisotopic (exact) mass is 424 g/mol. The number of hydrogen-bond donors (Lipinski definition) is 3. The van der Waals surface area contributed by atoms with E-state index in [4.69, 9.17) is 9.84 Å². The minimum Gasteiger partial charge on any atom is -0.480 e. The first-order valence-electron chi connectivity index (χ1n) is 10.6. The fourth-order valence-electron chi connectivity index (χ4n) is 3.95. The van der Waals surface area contributed by atoms with E-state index in [1.807, 2.05) is 31.2 Å². The molecule has 3 N–H and O–H groups in total. The number of nitrogens with one attached hydrogen (secondary N) is 2. The summed E-state index contributed by atoms with van der Waals surface area (Å²) < 4.78 is 5.55. The standard InChI is InChI=1S/C24H28N2O5/c1-2-3-8-16(13-22(27)25-14-23(28)29)26-24(30)31-15-21-19-11-6-4-9-17(19)18-10-5-7-12-20(18)21/h4-7,9-12,16,21H,2-3,8,13-15H2,1H3,(H,25,27)(H,26,30)(H,28,29)/t16-/m1/s1. The molecule has 164 valence electrons. The molecule has 7 heteroatoms. The van der Waals surface area contributed by atoms with Gasteiger partial charge in [0.2, 0.25) is 5.91 Å². The molecular formula is C24H28N2O5. The van der Waals surface area contributed by atoms with E-state index in [0.29, 0.717) is 6.42 Å². The van der Waals surface area contributed by atoms with Crippen LogP contribution in [0.3, 0.4) is 0 Å². The molecule has 1 aliphatic rings. The second-order valence-corrected chi connectivity index (χ2v) is 7.68. The van der Waals surface area contributed by atoms with Crippen molar-refractivity contribution in [3.05, 3.63) is 59.7 Å². The summed E-state index contributed by atoms with van der Waals surface area (Å²) in [6.45, 7) is 1.78. The maximum Gasteiger partial charge on any atom is 0.407 e. The Labute approximate surface area is 181 Å². The Bertz CT molecular complexity index is 898. The van der Waals surface area contributed by atoms with Gasteiger partial charge in [-0.2, -0.15) is 0 Å². The number of benzene rings is 2. The van der Waals surface area contributed by atoms with Gasteiger partial charge in [0.25, 0.3) is 0 Å². The fourth-order valence-corrected chi connectivity index (χ4v) is 3.95. The molecule has 3 rings (SSSR count). The molecule has 0 saturated heterocycles. The summed E-state index contributed by atoms with van der Waals surface area (Å²) in [7, 11) is 0. The number of unbranched alkanes of at least 4 members (excludes halogenated alkanes) is 1. The Morgan fingerprint density at radius 1 is 1.03 bits per heavy atom. The van der Waals surface area contributed by atoms with E-state index >= 15 is 0 Å². The molecule has 0 heterocycles. The van der Waals surface area contributed by atoms with Gasteiger partial charge in [0.15, 0.2) is 0 Å². The van der Waals surface area contributed by atoms with E-state index in [-0.39, 0.29) is 18.9 Å². The number of carboxylic acids is 1. The molecule has 1 atom stereocenters. The SMILES string of the molecule is CCCC[C@H](CC(=O)NCC(=O)O)NC(=O)OCC1c2ccccc2-c2ccccc21. The van der Waals surface area contributed by atoms with Gasteiger partial charge in [-0.3, -0.25) is 9.59 Å². The number of rotatable bonds is 10. The number of aliphatic carboxylic acids is 1. The average molecular weight is 424 g/mol. The van der Waals surface area contributed by atoms with E-state index in [1.54, 1.807) is 0 Å². The van der Waals surface area contributed by atoms with Gasteiger partial charge in [-0.1, -0.05) is 68.3 Å². The van der Waals surface area contributed by atoms with Crippen molar-refractivity contribution in [3.8, 4) is 11.1 Å². The Balaban J connectivity index is 1.60. The van der Waals surface area contributed by atoms with Crippen LogP contribution >= 0.6 is 0 Å². The molecule has 2 aromatic carbocycles. The van der Waals surface area contributed by atoms with Gasteiger partial charge in [-0.25, -0.2) is 4.79 Å². The topological polar surface area (TPSA) is 105 Å². The third kappa shape index (κ3) is 5.84. The minimum atomic E-state index is -1.11. The van der Waals surface area contributed by atoms with Gasteiger partial charge in [-0.15, -0.1) is 0 Å². The van der Waals surface area contributed by atoms with E-state index in [2.05, 4.69) is 34.9 Å². The molecule has 0 aromatic heterocycles. The first-order chi connectivity index (χ1) is 15.0. The lowest BCUT2D eigenvalue weighted by atomic mass is 9.98. The van der Waals surface area contributed by atoms with E-state index in [1.165, 1.54) is 0 Å². The number of carbonyl (C=O) groups is 3. The summed E-state index contributed by atoms with van der Waals surface area (Å²) in [5, 5.41) is 13.8. The Kier molecular flexibility index (Phi) is 7.65. The third-order valence-electron chi connectivity index (χ3n) is 5.44. The highest BCUT2D eigenvalue weighted by Gasteiger charge is 2.29. The molecule has 31 heavy (non-hydrogen) atoms. The van der Waals surface area contributed by atoms with Gasteiger partial charge in [0.1, 0.15) is 13.2 Å². The van der Waals surface area contributed by atoms with Gasteiger partial charge in [0.05, 0.1) is 0 Å². The fraction of sp³-hybridized carbons (Fsp3) is 0.375. The molecule has 0 unspecified atom stereocenters. The Hall–Kier alpha value is -3.35. The lowest BCUT2D eigenvalue weighted by molar-refractivity contribution is -0.138. The van der Waals surface area contributed by atoms with Crippen molar-refractivity contribution in [2.45, 2.75) is 44.6 Å². The number of hydrogen-bond acceptors (Lipinski definition) is 4. The lowest BCUT2D eigenvalue weighted by Gasteiger charge is -2.19. The molecule has 0 saturated carbocycles. The van der Waals surface area contributed by atoms with E-state index in [0.717, 1.165) is 35.1 Å². The first kappa shape index (κ1) is 22.3. The summed E-state index contributed by atoms with van der Waals surface area (Å²) in [6.07, 6.45) is 1.80. The molecule has 2 amide bonds. The second kappa shape index (κ2) is 10.6. The van der Waals surface area contributed by atoms with Gasteiger partial charge in [-0.05, 0) is 28.7 Å². The number of ether oxygens (including phenoxy) is 1. The molecule has 0 radical (unpaired) electrons. The highest BCUT2D eigenvalue weighted by molar-refractivity contribution is 5.82. The van der Waals surface area contributed by atoms with Crippen molar-refractivity contribution in [1.82, 2.24) is 10.6 Å². The lowest BCUT2D eigenvalue weighted by Crippen LogP contribution is -2.40. The summed E-state index contributed by atoms with van der Waals surface area (Å²) in [6, 6.07) is 15.8. The van der Waals surface area contributed by atoms with Crippen LogP contribution < -0.4 is 10.6 Å². The van der Waals surface area contributed by atoms with Crippen molar-refractivity contribution in [2.75, 3.05) is 13.2 Å². The maximum atomic E-state index is 12.5. The van der Waals surface area contributed by atoms with Crippen LogP contribution in [0.5, 0.6) is 0 Å². The highest BCUT2D eigenvalue weighted by Crippen LogP contribution is 2.44. The van der Waals surface area contributed by atoms with Crippen LogP contribution in [0.25, 0.3) is 11.1 Å². The molecule has 7 nitrogen and oxygen atoms in total. The van der Waals surface area contributed by atoms with Crippen LogP contribution in [0, 0.1) is 0 Å². The zero-order valence-electron chi connectivity index (χ0n) is 17.6. The van der Waals surface area contributed by atoms with Crippen LogP contribution in [0.2, 0.25) is 0 Å². The highest BCUT2D eigenvalue weighted by atomic mass is 16.5. The average Bonchev–Trinajstić information content (AvgIpc) is 3.08. The van der Waals surface area contributed by atoms with Crippen LogP contribution in [0.1, 0.15) is 49.7 Å². The second-order valence-electron chi connectivity index (χ2n) is 7.68. The number of carboxylic acid groups (broad SMARTS) is 1. The summed E-state index contributed by atoms with van der Waals surface area (Å²) in [5.41, 5.74) is 4.57. The Morgan fingerprint density at radius 2 is 1.65 bits per heavy atom. The normalized spacial score (nSPS) is 13.1. The van der Waals surface area contributed by atoms with Gasteiger partial charge < -0.3 is 20.5 Å². The largest absolute Gasteiger partial charge is 0.480 e. The maximum absolute atomic E-state index is 12.5. The number of carbonyl (C=O) groups excluding carboxylic acids is 2. The predicted octanol–water partition coefficient (Wildman–Crippen LogP) is 3.67. The molecule has 2 aromatic rings. The van der Waals surface area contributed by atoms with Crippen LogP contribution in [0.15, 0.2) is 48.5 Å². The van der Waals surface area contributed by atoms with Crippen molar-refractivity contribution in [2.24, 2.45) is 0 Å². The van der Waals surface area contributed by atoms with Crippen molar-refractivity contribution < 1.29 is 24.2 Å². The molecular weight excluding hydrogens is 396 g/mol. The summed E-state index contributed by atoms with van der Waals surface area (Å²) in [4.78, 5) is 35.1. The summed E-state index contributed by atoms with van der Waals surface area (Å²) in [5.74, 6) is -1.56. The van der Waals surface area contributed by atoms with Crippen LogP contribution in [-0.2, 0) is 14.3 Å². The molecule has 0 fully saturated rings. The third-order valence-corrected chi connectivity index (χ3v) is 5.44. The molecule has 1 aliphatic carbocycles. The van der Waals surface area contributed by atoms with Gasteiger partial charge >= 0.3 is 12.1 Å². The van der Waals surface area contributed by atoms with E-state index < -0.39 is 30.6 Å². The summed E-state index contributed by atoms with van der Waals surface area (Å²) >= 11 is 0. The van der Waals surface area contributed by atoms with E-state index in [9.17, 15) is 14.4 Å². The minimum absolute atomic E-state index is 0.0114. The smallest absolute Gasteiger partial charge is 0.407 e. The zero-order valence-corrected chi connectivity index (χ0v) is 17.6. The number of fused-ring (bicyclic) bond motifs is 3.